The second-order valence-electron chi connectivity index (χ2n) is 6.98. The van der Waals surface area contributed by atoms with Crippen LogP contribution in [-0.2, 0) is 11.3 Å². The highest BCUT2D eigenvalue weighted by molar-refractivity contribution is 7.94. The van der Waals surface area contributed by atoms with Crippen molar-refractivity contribution in [2.24, 2.45) is 0 Å². The number of methoxy groups -OCH3 is 1. The van der Waals surface area contributed by atoms with Crippen LogP contribution in [0.5, 0.6) is 23.1 Å². The molecule has 0 N–H and O–H groups in total. The summed E-state index contributed by atoms with van der Waals surface area (Å²) in [7, 11) is 1.57. The predicted molar refractivity (Wildman–Crippen MR) is 136 cm³/mol. The zero-order chi connectivity index (χ0) is 24.9. The van der Waals surface area contributed by atoms with Crippen LogP contribution in [0.1, 0.15) is 31.9 Å². The summed E-state index contributed by atoms with van der Waals surface area (Å²) in [6, 6.07) is 16.4. The lowest BCUT2D eigenvalue weighted by atomic mass is 10.1. The molecule has 0 atom stereocenters. The molecule has 0 bridgehead atoms. The van der Waals surface area contributed by atoms with E-state index in [0.29, 0.717) is 34.4 Å². The van der Waals surface area contributed by atoms with Gasteiger partial charge < -0.3 is 19.1 Å². The van der Waals surface area contributed by atoms with Crippen molar-refractivity contribution in [3.8, 4) is 23.1 Å². The lowest BCUT2D eigenvalue weighted by Crippen LogP contribution is -2.28. The van der Waals surface area contributed by atoms with Gasteiger partial charge in [-0.15, -0.1) is 0 Å². The van der Waals surface area contributed by atoms with Crippen molar-refractivity contribution >= 4 is 23.7 Å². The molecule has 0 radical (unpaired) electrons. The van der Waals surface area contributed by atoms with Crippen LogP contribution < -0.4 is 19.1 Å². The quantitative estimate of drug-likeness (QED) is 0.295. The molecule has 0 spiro atoms. The Morgan fingerprint density at radius 3 is 2.44 bits per heavy atom. The van der Waals surface area contributed by atoms with Gasteiger partial charge in [-0.1, -0.05) is 31.5 Å². The summed E-state index contributed by atoms with van der Waals surface area (Å²) < 4.78 is 29.5. The fourth-order valence-electron chi connectivity index (χ4n) is 3.05. The summed E-state index contributed by atoms with van der Waals surface area (Å²) in [5.74, 6) is 2.12. The van der Waals surface area contributed by atoms with Crippen LogP contribution in [0.3, 0.4) is 0 Å². The monoisotopic (exact) mass is 486 g/mol. The minimum absolute atomic E-state index is 0.195. The number of amides is 1. The molecular weight excluding hydrogens is 455 g/mol. The number of pyridine rings is 1. The number of hydrogen-bond donors (Lipinski definition) is 0. The smallest absolute Gasteiger partial charge is 0.243 e. The van der Waals surface area contributed by atoms with E-state index in [4.69, 9.17) is 14.2 Å². The van der Waals surface area contributed by atoms with E-state index in [0.717, 1.165) is 5.56 Å². The fraction of sp³-hybridized carbons (Fsp3) is 0.308. The minimum atomic E-state index is -0.195. The van der Waals surface area contributed by atoms with Gasteiger partial charge in [0.05, 0.1) is 26.0 Å². The van der Waals surface area contributed by atoms with E-state index in [1.165, 1.54) is 6.92 Å². The Kier molecular flexibility index (Phi) is 11.2. The number of rotatable bonds is 10. The van der Waals surface area contributed by atoms with Crippen LogP contribution in [0.15, 0.2) is 60.8 Å². The molecule has 8 heteroatoms. The Morgan fingerprint density at radius 1 is 1.09 bits per heavy atom. The number of carbonyl (C=O) groups is 1. The van der Waals surface area contributed by atoms with Crippen molar-refractivity contribution < 1.29 is 22.9 Å². The lowest BCUT2D eigenvalue weighted by Gasteiger charge is -2.24. The van der Waals surface area contributed by atoms with Crippen LogP contribution in [0, 0.1) is 6.92 Å². The molecule has 0 saturated carbocycles. The molecule has 6 nitrogen and oxygen atoms in total. The molecule has 0 aliphatic carbocycles. The molecule has 0 aliphatic heterocycles. The van der Waals surface area contributed by atoms with Crippen molar-refractivity contribution in [1.82, 2.24) is 4.98 Å². The van der Waals surface area contributed by atoms with Crippen LogP contribution >= 0.6 is 12.1 Å². The van der Waals surface area contributed by atoms with E-state index in [2.05, 4.69) is 4.98 Å². The summed E-state index contributed by atoms with van der Waals surface area (Å²) >= 11 is 0.215. The first-order chi connectivity index (χ1) is 16.5. The molecule has 0 saturated heterocycles. The second-order valence-corrected chi connectivity index (χ2v) is 7.61. The van der Waals surface area contributed by atoms with Crippen LogP contribution in [0.4, 0.5) is 9.57 Å². The number of aryl methyl sites for hydroxylation is 1. The number of ether oxygens (including phenoxy) is 3. The number of anilines is 1. The van der Waals surface area contributed by atoms with Crippen molar-refractivity contribution in [3.63, 3.8) is 0 Å². The molecule has 182 valence electrons. The maximum Gasteiger partial charge on any atom is 0.243 e. The third-order valence-electron chi connectivity index (χ3n) is 4.67. The lowest BCUT2D eigenvalue weighted by molar-refractivity contribution is -0.116. The third-order valence-corrected chi connectivity index (χ3v) is 4.99. The highest BCUT2D eigenvalue weighted by atomic mass is 32.2. The SMILES string of the molecule is CC.COc1ccc(OCCSF)c(CN(C(C)=O)c2cccnc2Oc2ccc(C)cc2)c1. The van der Waals surface area contributed by atoms with Crippen molar-refractivity contribution in [2.75, 3.05) is 24.4 Å². The van der Waals surface area contributed by atoms with Gasteiger partial charge in [0, 0.05) is 30.8 Å². The van der Waals surface area contributed by atoms with Gasteiger partial charge >= 0.3 is 0 Å². The van der Waals surface area contributed by atoms with Crippen molar-refractivity contribution in [1.29, 1.82) is 0 Å². The number of aromatic nitrogens is 1. The van der Waals surface area contributed by atoms with Gasteiger partial charge in [0.15, 0.2) is 0 Å². The van der Waals surface area contributed by atoms with E-state index in [1.807, 2.05) is 45.0 Å². The second kappa shape index (κ2) is 14.1. The first kappa shape index (κ1) is 27.0. The van der Waals surface area contributed by atoms with Gasteiger partial charge in [-0.2, -0.15) is 3.89 Å². The first-order valence-electron chi connectivity index (χ1n) is 11.0. The normalized spacial score (nSPS) is 10.1. The van der Waals surface area contributed by atoms with E-state index in [1.54, 1.807) is 48.5 Å². The summed E-state index contributed by atoms with van der Waals surface area (Å²) in [5.41, 5.74) is 2.35. The maximum atomic E-state index is 12.6. The Balaban J connectivity index is 0.00000199. The summed E-state index contributed by atoms with van der Waals surface area (Å²) in [6.07, 6.45) is 1.61. The Labute approximate surface area is 205 Å². The molecule has 0 aliphatic rings. The number of halogens is 1. The number of hydrogen-bond acceptors (Lipinski definition) is 6. The summed E-state index contributed by atoms with van der Waals surface area (Å²) in [6.45, 7) is 7.87. The topological polar surface area (TPSA) is 60.9 Å². The molecule has 1 aromatic heterocycles. The van der Waals surface area contributed by atoms with Crippen molar-refractivity contribution in [2.45, 2.75) is 34.2 Å². The van der Waals surface area contributed by atoms with Crippen molar-refractivity contribution in [3.05, 3.63) is 71.9 Å². The van der Waals surface area contributed by atoms with E-state index in [-0.39, 0.29) is 37.0 Å². The van der Waals surface area contributed by atoms with Gasteiger partial charge in [-0.25, -0.2) is 4.98 Å². The first-order valence-corrected chi connectivity index (χ1v) is 11.9. The highest BCUT2D eigenvalue weighted by Crippen LogP contribution is 2.33. The molecular formula is C26H31FN2O4S. The molecule has 3 rings (SSSR count). The molecule has 34 heavy (non-hydrogen) atoms. The van der Waals surface area contributed by atoms with Gasteiger partial charge in [0.2, 0.25) is 11.8 Å². The zero-order valence-electron chi connectivity index (χ0n) is 20.2. The molecule has 1 amide bonds. The van der Waals surface area contributed by atoms with Gasteiger partial charge in [-0.05, 0) is 49.4 Å². The summed E-state index contributed by atoms with van der Waals surface area (Å²) in [4.78, 5) is 18.5. The Morgan fingerprint density at radius 2 is 1.79 bits per heavy atom. The molecule has 3 aromatic rings. The zero-order valence-corrected chi connectivity index (χ0v) is 21.0. The molecule has 0 unspecified atom stereocenters. The highest BCUT2D eigenvalue weighted by Gasteiger charge is 2.20. The van der Waals surface area contributed by atoms with E-state index < -0.39 is 0 Å². The average molecular weight is 487 g/mol. The predicted octanol–water partition coefficient (Wildman–Crippen LogP) is 6.77. The largest absolute Gasteiger partial charge is 0.497 e. The van der Waals surface area contributed by atoms with Gasteiger partial charge in [0.25, 0.3) is 0 Å². The fourth-order valence-corrected chi connectivity index (χ4v) is 3.20. The maximum absolute atomic E-state index is 12.6. The average Bonchev–Trinajstić information content (AvgIpc) is 2.86. The standard InChI is InChI=1S/C24H25FN2O4S.C2H6/c1-17-6-8-20(9-7-17)31-24-22(5-4-12-26-24)27(18(2)28)16-19-15-21(29-3)10-11-23(19)30-13-14-32-25;1-2/h4-12,15H,13-14,16H2,1-3H3;1-2H3. The number of carbonyl (C=O) groups excluding carboxylic acids is 1. The number of benzene rings is 2. The number of nitrogens with zero attached hydrogens (tertiary/aromatic N) is 2. The molecule has 0 fully saturated rings. The molecule has 1 heterocycles. The van der Waals surface area contributed by atoms with E-state index in [9.17, 15) is 8.68 Å². The van der Waals surface area contributed by atoms with Crippen LogP contribution in [0.2, 0.25) is 0 Å². The van der Waals surface area contributed by atoms with Gasteiger partial charge in [0.1, 0.15) is 22.9 Å². The third kappa shape index (κ3) is 7.66. The van der Waals surface area contributed by atoms with Crippen LogP contribution in [-0.4, -0.2) is 30.4 Å². The van der Waals surface area contributed by atoms with Crippen LogP contribution in [0.25, 0.3) is 0 Å². The minimum Gasteiger partial charge on any atom is -0.497 e. The van der Waals surface area contributed by atoms with Gasteiger partial charge in [-0.3, -0.25) is 4.79 Å². The Hall–Kier alpha value is -3.26. The van der Waals surface area contributed by atoms with E-state index >= 15 is 0 Å². The molecule has 2 aromatic carbocycles. The summed E-state index contributed by atoms with van der Waals surface area (Å²) in [5, 5.41) is 0. The Bertz CT molecular complexity index is 1050.